The van der Waals surface area contributed by atoms with E-state index in [1.807, 2.05) is 0 Å². The molecule has 1 amide bonds. The van der Waals surface area contributed by atoms with Crippen LogP contribution in [0.2, 0.25) is 0 Å². The van der Waals surface area contributed by atoms with Crippen LogP contribution in [0, 0.1) is 0 Å². The van der Waals surface area contributed by atoms with Gasteiger partial charge in [0.25, 0.3) is 16.0 Å². The van der Waals surface area contributed by atoms with Crippen LogP contribution in [0.5, 0.6) is 0 Å². The maximum Gasteiger partial charge on any atom is 0.460 e. The van der Waals surface area contributed by atoms with Crippen molar-refractivity contribution in [2.24, 2.45) is 0 Å². The number of amides is 1. The van der Waals surface area contributed by atoms with Gasteiger partial charge in [0.05, 0.1) is 5.75 Å². The SMILES string of the molecule is CCN(CCCS(=O)(=O)O)C(=O)C(F)(F)C(F)(F)C(F)(F)C(F)(F)C(F)(F)C(F)(F)C(F)(F)C(F)(F)C(F)(F)C(F)(F)C(F)(F)C(F)(F)C(F)(F)C(F)(F)F. The van der Waals surface area contributed by atoms with Gasteiger partial charge < -0.3 is 4.90 Å². The third-order valence-electron chi connectivity index (χ3n) is 6.86. The van der Waals surface area contributed by atoms with Crippen LogP contribution >= 0.6 is 0 Å². The first-order valence-corrected chi connectivity index (χ1v) is 14.2. The van der Waals surface area contributed by atoms with Crippen molar-refractivity contribution in [3.8, 4) is 0 Å². The number of carbonyl (C=O) groups excluding carboxylic acids is 1. The van der Waals surface area contributed by atoms with E-state index in [1.165, 1.54) is 0 Å². The summed E-state index contributed by atoms with van der Waals surface area (Å²) in [6.07, 6.45) is -9.72. The zero-order chi connectivity index (χ0) is 45.5. The smallest absolute Gasteiger partial charge is 0.338 e. The van der Waals surface area contributed by atoms with Gasteiger partial charge >= 0.3 is 83.2 Å². The van der Waals surface area contributed by atoms with Gasteiger partial charge in [-0.2, -0.15) is 136 Å². The minimum absolute atomic E-state index is 0.363. The second kappa shape index (κ2) is 13.7. The summed E-state index contributed by atoms with van der Waals surface area (Å²) in [7, 11) is -5.15. The van der Waals surface area contributed by atoms with E-state index in [9.17, 15) is 141 Å². The fourth-order valence-electron chi connectivity index (χ4n) is 3.52. The number of carbonyl (C=O) groups is 1. The Morgan fingerprint density at radius 3 is 0.855 bits per heavy atom. The summed E-state index contributed by atoms with van der Waals surface area (Å²) in [5.41, 5.74) is 0. The van der Waals surface area contributed by atoms with Crippen molar-refractivity contribution in [1.82, 2.24) is 4.90 Å². The van der Waals surface area contributed by atoms with E-state index in [2.05, 4.69) is 0 Å². The average Bonchev–Trinajstić information content (AvgIpc) is 2.96. The molecule has 35 heteroatoms. The lowest BCUT2D eigenvalue weighted by Crippen LogP contribution is -2.79. The molecular weight excluding hydrogens is 901 g/mol. The minimum atomic E-state index is -10.0. The van der Waals surface area contributed by atoms with E-state index in [0.29, 0.717) is 6.92 Å². The standard InChI is InChI=1S/C20H12F29NO4S/c1-2-50(4-3-5-55(52,53)54)6(51)7(21,22)8(23,24)9(25,26)10(27,28)11(29,30)12(31,32)13(33,34)14(35,36)15(37,38)16(39,40)17(41,42)18(43,44)19(45,46)20(47,48)49/h2-5H2,1H3,(H,52,53,54). The van der Waals surface area contributed by atoms with Crippen LogP contribution in [0.1, 0.15) is 13.3 Å². The van der Waals surface area contributed by atoms with Crippen LogP contribution in [-0.2, 0) is 14.9 Å². The molecule has 0 aliphatic carbocycles. The quantitative estimate of drug-likeness (QED) is 0.110. The molecule has 0 saturated heterocycles. The van der Waals surface area contributed by atoms with E-state index in [-0.39, 0.29) is 0 Å². The van der Waals surface area contributed by atoms with Crippen molar-refractivity contribution in [2.75, 3.05) is 18.8 Å². The average molecular weight is 913 g/mol. The highest BCUT2D eigenvalue weighted by Gasteiger charge is 3.01. The molecule has 0 heterocycles. The Labute approximate surface area is 282 Å². The van der Waals surface area contributed by atoms with Crippen LogP contribution in [0.3, 0.4) is 0 Å². The molecule has 330 valence electrons. The molecule has 0 bridgehead atoms. The van der Waals surface area contributed by atoms with Crippen molar-refractivity contribution in [2.45, 2.75) is 96.5 Å². The Morgan fingerprint density at radius 2 is 0.655 bits per heavy atom. The zero-order valence-electron chi connectivity index (χ0n) is 24.8. The van der Waals surface area contributed by atoms with Crippen LogP contribution in [0.15, 0.2) is 0 Å². The number of hydrogen-bond acceptors (Lipinski definition) is 3. The largest absolute Gasteiger partial charge is 0.460 e. The second-order valence-corrected chi connectivity index (χ2v) is 12.1. The van der Waals surface area contributed by atoms with E-state index < -0.39 is 129 Å². The zero-order valence-corrected chi connectivity index (χ0v) is 25.6. The summed E-state index contributed by atoms with van der Waals surface area (Å²) in [5.74, 6) is -129. The van der Waals surface area contributed by atoms with Gasteiger partial charge in [0, 0.05) is 13.1 Å². The first kappa shape index (κ1) is 52.3. The molecule has 0 rings (SSSR count). The van der Waals surface area contributed by atoms with Gasteiger partial charge in [0.2, 0.25) is 0 Å². The van der Waals surface area contributed by atoms with Gasteiger partial charge in [0.1, 0.15) is 0 Å². The third kappa shape index (κ3) is 7.03. The van der Waals surface area contributed by atoms with Gasteiger partial charge in [0.15, 0.2) is 0 Å². The third-order valence-corrected chi connectivity index (χ3v) is 7.66. The van der Waals surface area contributed by atoms with Gasteiger partial charge in [-0.25, -0.2) is 0 Å². The number of rotatable bonds is 18. The van der Waals surface area contributed by atoms with Gasteiger partial charge in [-0.15, -0.1) is 0 Å². The topological polar surface area (TPSA) is 74.7 Å². The summed E-state index contributed by atoms with van der Waals surface area (Å²) in [5, 5.41) is 0. The maximum absolute atomic E-state index is 14.2. The predicted molar refractivity (Wildman–Crippen MR) is 114 cm³/mol. The fraction of sp³-hybridized carbons (Fsp3) is 0.950. The van der Waals surface area contributed by atoms with E-state index in [1.54, 1.807) is 0 Å². The summed E-state index contributed by atoms with van der Waals surface area (Å²) >= 11 is 0. The highest BCUT2D eigenvalue weighted by molar-refractivity contribution is 7.85. The molecule has 0 saturated carbocycles. The normalized spacial score (nSPS) is 16.4. The van der Waals surface area contributed by atoms with Crippen molar-refractivity contribution in [3.05, 3.63) is 0 Å². The lowest BCUT2D eigenvalue weighted by Gasteiger charge is -2.46. The highest BCUT2D eigenvalue weighted by atomic mass is 32.2. The summed E-state index contributed by atoms with van der Waals surface area (Å²) in [4.78, 5) is 10.8. The molecule has 1 N–H and O–H groups in total. The lowest BCUT2D eigenvalue weighted by molar-refractivity contribution is -0.486. The van der Waals surface area contributed by atoms with Gasteiger partial charge in [-0.05, 0) is 13.3 Å². The van der Waals surface area contributed by atoms with Crippen LogP contribution in [0.4, 0.5) is 127 Å². The Hall–Kier alpha value is -2.65. The molecule has 0 radical (unpaired) electrons. The number of nitrogens with zero attached hydrogens (tertiary/aromatic N) is 1. The predicted octanol–water partition coefficient (Wildman–Crippen LogP) is 8.93. The minimum Gasteiger partial charge on any atom is -0.338 e. The second-order valence-electron chi connectivity index (χ2n) is 10.5. The van der Waals surface area contributed by atoms with Crippen LogP contribution in [-0.4, -0.2) is 126 Å². The van der Waals surface area contributed by atoms with Crippen molar-refractivity contribution in [1.29, 1.82) is 0 Å². The monoisotopic (exact) mass is 913 g/mol. The van der Waals surface area contributed by atoms with E-state index in [4.69, 9.17) is 4.55 Å². The molecule has 0 aliphatic rings. The van der Waals surface area contributed by atoms with E-state index >= 15 is 0 Å². The summed E-state index contributed by atoms with van der Waals surface area (Å²) in [6, 6.07) is 0. The Bertz CT molecular complexity index is 1520. The van der Waals surface area contributed by atoms with Gasteiger partial charge in [-0.1, -0.05) is 0 Å². The Balaban J connectivity index is 7.49. The summed E-state index contributed by atoms with van der Waals surface area (Å²) in [6.45, 7) is -2.93. The number of alkyl halides is 29. The molecule has 0 aromatic rings. The van der Waals surface area contributed by atoms with Crippen LogP contribution < -0.4 is 0 Å². The van der Waals surface area contributed by atoms with Crippen molar-refractivity contribution in [3.63, 3.8) is 0 Å². The molecule has 0 aliphatic heterocycles. The molecule has 0 unspecified atom stereocenters. The molecule has 0 aromatic carbocycles. The lowest BCUT2D eigenvalue weighted by atomic mass is 9.83. The van der Waals surface area contributed by atoms with Crippen LogP contribution in [0.25, 0.3) is 0 Å². The molecule has 0 atom stereocenters. The number of hydrogen-bond donors (Lipinski definition) is 1. The number of halogens is 29. The molecule has 5 nitrogen and oxygen atoms in total. The molecule has 0 aromatic heterocycles. The van der Waals surface area contributed by atoms with E-state index in [0.717, 1.165) is 0 Å². The fourth-order valence-corrected chi connectivity index (χ4v) is 4.01. The Morgan fingerprint density at radius 1 is 0.436 bits per heavy atom. The maximum atomic E-state index is 14.2. The van der Waals surface area contributed by atoms with Gasteiger partial charge in [-0.3, -0.25) is 9.35 Å². The van der Waals surface area contributed by atoms with Crippen molar-refractivity contribution < 1.29 is 145 Å². The molecule has 0 spiro atoms. The first-order chi connectivity index (χ1) is 23.3. The Kier molecular flexibility index (Phi) is 13.1. The molecule has 0 fully saturated rings. The summed E-state index contributed by atoms with van der Waals surface area (Å²) < 4.78 is 425. The highest BCUT2D eigenvalue weighted by Crippen LogP contribution is 2.69. The molecule has 55 heavy (non-hydrogen) atoms. The first-order valence-electron chi connectivity index (χ1n) is 12.6. The van der Waals surface area contributed by atoms with Crippen molar-refractivity contribution >= 4 is 16.0 Å². The molecular formula is C20H12F29NO4S.